The van der Waals surface area contributed by atoms with E-state index < -0.39 is 0 Å². The molecule has 0 bridgehead atoms. The average molecular weight is 334 g/mol. The summed E-state index contributed by atoms with van der Waals surface area (Å²) in [6, 6.07) is 5.65. The molecule has 1 saturated heterocycles. The number of nitrogens with zero attached hydrogens (tertiary/aromatic N) is 1. The van der Waals surface area contributed by atoms with Crippen LogP contribution in [0.2, 0.25) is 0 Å². The number of benzene rings is 1. The van der Waals surface area contributed by atoms with Crippen molar-refractivity contribution in [2.45, 2.75) is 26.7 Å². The molecular weight excluding hydrogens is 308 g/mol. The number of likely N-dealkylation sites (tertiary alicyclic amines) is 1. The summed E-state index contributed by atoms with van der Waals surface area (Å²) < 4.78 is 10.4. The molecule has 1 amide bonds. The quantitative estimate of drug-likeness (QED) is 0.808. The van der Waals surface area contributed by atoms with Crippen LogP contribution >= 0.6 is 0 Å². The Bertz CT molecular complexity index is 588. The number of esters is 1. The third-order valence-corrected chi connectivity index (χ3v) is 4.12. The van der Waals surface area contributed by atoms with Crippen LogP contribution in [0.15, 0.2) is 18.2 Å². The van der Waals surface area contributed by atoms with Gasteiger partial charge in [-0.1, -0.05) is 6.07 Å². The van der Waals surface area contributed by atoms with Crippen molar-refractivity contribution < 1.29 is 19.1 Å². The Kier molecular flexibility index (Phi) is 6.61. The molecule has 0 unspecified atom stereocenters. The van der Waals surface area contributed by atoms with Crippen LogP contribution in [0.5, 0.6) is 5.75 Å². The number of aryl methyl sites for hydroxylation is 1. The highest BCUT2D eigenvalue weighted by Crippen LogP contribution is 2.25. The molecule has 1 aromatic rings. The van der Waals surface area contributed by atoms with Gasteiger partial charge in [0.05, 0.1) is 31.9 Å². The van der Waals surface area contributed by atoms with E-state index in [2.05, 4.69) is 5.32 Å². The lowest BCUT2D eigenvalue weighted by Crippen LogP contribution is -2.43. The molecule has 0 radical (unpaired) electrons. The number of carbonyl (C=O) groups is 2. The zero-order valence-electron chi connectivity index (χ0n) is 14.6. The summed E-state index contributed by atoms with van der Waals surface area (Å²) in [6.45, 7) is 5.80. The number of anilines is 1. The molecule has 24 heavy (non-hydrogen) atoms. The van der Waals surface area contributed by atoms with Gasteiger partial charge in [0.15, 0.2) is 0 Å². The summed E-state index contributed by atoms with van der Waals surface area (Å²) in [5.41, 5.74) is 1.72. The van der Waals surface area contributed by atoms with Gasteiger partial charge in [0.25, 0.3) is 0 Å². The van der Waals surface area contributed by atoms with Crippen LogP contribution in [0.4, 0.5) is 5.69 Å². The number of carbonyl (C=O) groups excluding carboxylic acids is 2. The Hall–Kier alpha value is -2.08. The van der Waals surface area contributed by atoms with E-state index in [0.29, 0.717) is 24.6 Å². The van der Waals surface area contributed by atoms with E-state index in [9.17, 15) is 9.59 Å². The van der Waals surface area contributed by atoms with Crippen molar-refractivity contribution >= 4 is 17.6 Å². The van der Waals surface area contributed by atoms with Crippen LogP contribution in [0.1, 0.15) is 25.3 Å². The minimum atomic E-state index is -0.164. The fourth-order valence-corrected chi connectivity index (χ4v) is 2.96. The highest BCUT2D eigenvalue weighted by atomic mass is 16.5. The molecule has 0 saturated carbocycles. The summed E-state index contributed by atoms with van der Waals surface area (Å²) in [5, 5.41) is 2.90. The molecule has 6 heteroatoms. The Labute approximate surface area is 143 Å². The number of hydrogen-bond donors (Lipinski definition) is 1. The Balaban J connectivity index is 1.92. The molecule has 132 valence electrons. The fraction of sp³-hybridized carbons (Fsp3) is 0.556. The smallest absolute Gasteiger partial charge is 0.310 e. The van der Waals surface area contributed by atoms with Crippen LogP contribution in [-0.4, -0.2) is 50.1 Å². The minimum absolute atomic E-state index is 0.108. The lowest BCUT2D eigenvalue weighted by atomic mass is 9.98. The molecule has 1 atom stereocenters. The molecule has 0 aliphatic carbocycles. The van der Waals surface area contributed by atoms with E-state index in [1.807, 2.05) is 30.0 Å². The van der Waals surface area contributed by atoms with Gasteiger partial charge in [0.2, 0.25) is 5.91 Å². The number of piperidine rings is 1. The van der Waals surface area contributed by atoms with E-state index >= 15 is 0 Å². The number of hydrogen-bond acceptors (Lipinski definition) is 5. The number of amides is 1. The van der Waals surface area contributed by atoms with E-state index in [-0.39, 0.29) is 24.3 Å². The Morgan fingerprint density at radius 1 is 1.38 bits per heavy atom. The van der Waals surface area contributed by atoms with Gasteiger partial charge in [-0.15, -0.1) is 0 Å². The van der Waals surface area contributed by atoms with Crippen molar-refractivity contribution in [3.63, 3.8) is 0 Å². The minimum Gasteiger partial charge on any atom is -0.495 e. The maximum absolute atomic E-state index is 12.3. The molecule has 1 aromatic carbocycles. The van der Waals surface area contributed by atoms with Crippen LogP contribution in [0.25, 0.3) is 0 Å². The maximum atomic E-state index is 12.3. The summed E-state index contributed by atoms with van der Waals surface area (Å²) in [4.78, 5) is 26.2. The predicted octanol–water partition coefficient (Wildman–Crippen LogP) is 2.22. The highest BCUT2D eigenvalue weighted by molar-refractivity contribution is 5.93. The van der Waals surface area contributed by atoms with E-state index in [4.69, 9.17) is 9.47 Å². The molecule has 0 spiro atoms. The average Bonchev–Trinajstić information content (AvgIpc) is 2.55. The van der Waals surface area contributed by atoms with Gasteiger partial charge < -0.3 is 14.8 Å². The molecule has 0 aromatic heterocycles. The summed E-state index contributed by atoms with van der Waals surface area (Å²) in [7, 11) is 1.58. The van der Waals surface area contributed by atoms with E-state index in [0.717, 1.165) is 24.9 Å². The first-order valence-corrected chi connectivity index (χ1v) is 8.37. The third kappa shape index (κ3) is 4.96. The Morgan fingerprint density at radius 2 is 2.17 bits per heavy atom. The highest BCUT2D eigenvalue weighted by Gasteiger charge is 2.27. The van der Waals surface area contributed by atoms with Crippen molar-refractivity contribution in [1.29, 1.82) is 0 Å². The molecular formula is C18H26N2O4. The van der Waals surface area contributed by atoms with Gasteiger partial charge in [-0.3, -0.25) is 14.5 Å². The van der Waals surface area contributed by atoms with E-state index in [1.54, 1.807) is 14.0 Å². The molecule has 6 nitrogen and oxygen atoms in total. The lowest BCUT2D eigenvalue weighted by molar-refractivity contribution is -0.150. The first-order chi connectivity index (χ1) is 11.5. The second-order valence-corrected chi connectivity index (χ2v) is 6.08. The number of rotatable bonds is 6. The standard InChI is InChI=1S/C18H26N2O4/c1-4-24-18(22)14-6-5-9-20(11-14)12-17(21)19-15-10-13(2)7-8-16(15)23-3/h7-8,10,14H,4-6,9,11-12H2,1-3H3,(H,19,21)/t14-/m1/s1. The van der Waals surface area contributed by atoms with Crippen molar-refractivity contribution in [2.24, 2.45) is 5.92 Å². The van der Waals surface area contributed by atoms with Gasteiger partial charge >= 0.3 is 5.97 Å². The van der Waals surface area contributed by atoms with Gasteiger partial charge in [-0.25, -0.2) is 0 Å². The zero-order valence-corrected chi connectivity index (χ0v) is 14.6. The Morgan fingerprint density at radius 3 is 2.88 bits per heavy atom. The van der Waals surface area contributed by atoms with Gasteiger partial charge in [0, 0.05) is 6.54 Å². The predicted molar refractivity (Wildman–Crippen MR) is 92.2 cm³/mol. The molecule has 1 aliphatic rings. The molecule has 1 N–H and O–H groups in total. The summed E-state index contributed by atoms with van der Waals surface area (Å²) >= 11 is 0. The third-order valence-electron chi connectivity index (χ3n) is 4.12. The second kappa shape index (κ2) is 8.68. The molecule has 1 aliphatic heterocycles. The van der Waals surface area contributed by atoms with Gasteiger partial charge in [-0.2, -0.15) is 0 Å². The van der Waals surface area contributed by atoms with E-state index in [1.165, 1.54) is 0 Å². The van der Waals surface area contributed by atoms with Crippen molar-refractivity contribution in [2.75, 3.05) is 38.7 Å². The van der Waals surface area contributed by atoms with Gasteiger partial charge in [0.1, 0.15) is 5.75 Å². The topological polar surface area (TPSA) is 67.9 Å². The first-order valence-electron chi connectivity index (χ1n) is 8.37. The zero-order chi connectivity index (χ0) is 17.5. The largest absolute Gasteiger partial charge is 0.495 e. The van der Waals surface area contributed by atoms with Crippen LogP contribution in [0, 0.1) is 12.8 Å². The second-order valence-electron chi connectivity index (χ2n) is 6.08. The number of nitrogens with one attached hydrogen (secondary N) is 1. The first kappa shape index (κ1) is 18.3. The number of ether oxygens (including phenoxy) is 2. The number of methoxy groups -OCH3 is 1. The summed E-state index contributed by atoms with van der Waals surface area (Å²) in [6.07, 6.45) is 1.72. The van der Waals surface area contributed by atoms with Gasteiger partial charge in [-0.05, 0) is 50.9 Å². The molecule has 2 rings (SSSR count). The van der Waals surface area contributed by atoms with Crippen LogP contribution in [-0.2, 0) is 14.3 Å². The van der Waals surface area contributed by atoms with Crippen LogP contribution in [0.3, 0.4) is 0 Å². The normalized spacial score (nSPS) is 18.0. The molecule has 1 heterocycles. The van der Waals surface area contributed by atoms with Crippen molar-refractivity contribution in [3.8, 4) is 5.75 Å². The van der Waals surface area contributed by atoms with Crippen molar-refractivity contribution in [1.82, 2.24) is 4.90 Å². The molecule has 1 fully saturated rings. The monoisotopic (exact) mass is 334 g/mol. The fourth-order valence-electron chi connectivity index (χ4n) is 2.96. The lowest BCUT2D eigenvalue weighted by Gasteiger charge is -2.30. The summed E-state index contributed by atoms with van der Waals surface area (Å²) in [5.74, 6) is 0.225. The van der Waals surface area contributed by atoms with Crippen molar-refractivity contribution in [3.05, 3.63) is 23.8 Å². The SMILES string of the molecule is CCOC(=O)[C@@H]1CCCN(CC(=O)Nc2cc(C)ccc2OC)C1. The maximum Gasteiger partial charge on any atom is 0.310 e. The van der Waals surface area contributed by atoms with Crippen LogP contribution < -0.4 is 10.1 Å².